The lowest BCUT2D eigenvalue weighted by atomic mass is 9.75. The Balaban J connectivity index is 1.53. The maximum Gasteiger partial charge on any atom is 0.266 e. The number of hydrogen-bond donors (Lipinski definition) is 1. The first-order valence-electron chi connectivity index (χ1n) is 12.9. The molecule has 196 valence electrons. The molecule has 3 aliphatic heterocycles. The summed E-state index contributed by atoms with van der Waals surface area (Å²) < 4.78 is 7.12. The quantitative estimate of drug-likeness (QED) is 0.394. The average Bonchev–Trinajstić information content (AvgIpc) is 3.52. The van der Waals surface area contributed by atoms with Gasteiger partial charge in [-0.2, -0.15) is 0 Å². The lowest BCUT2D eigenvalue weighted by Crippen LogP contribution is -2.51. The topological polar surface area (TPSA) is 93.5 Å². The zero-order chi connectivity index (χ0) is 27.2. The van der Waals surface area contributed by atoms with E-state index in [1.165, 1.54) is 12.0 Å². The van der Waals surface area contributed by atoms with E-state index in [1.807, 2.05) is 50.2 Å². The van der Waals surface area contributed by atoms with E-state index in [0.29, 0.717) is 38.9 Å². The van der Waals surface area contributed by atoms with Crippen LogP contribution < -0.4 is 20.5 Å². The van der Waals surface area contributed by atoms with Crippen LogP contribution in [0.5, 0.6) is 5.75 Å². The molecule has 1 spiro atoms. The number of rotatable bonds is 3. The van der Waals surface area contributed by atoms with Crippen molar-refractivity contribution in [2.45, 2.75) is 25.4 Å². The van der Waals surface area contributed by atoms with Crippen molar-refractivity contribution in [3.63, 3.8) is 0 Å². The molecule has 0 unspecified atom stereocenters. The van der Waals surface area contributed by atoms with Gasteiger partial charge in [-0.05, 0) is 42.3 Å². The van der Waals surface area contributed by atoms with Crippen LogP contribution in [0.25, 0.3) is 16.6 Å². The minimum absolute atomic E-state index is 0.00298. The highest BCUT2D eigenvalue weighted by Gasteiger charge is 2.70. The van der Waals surface area contributed by atoms with Crippen LogP contribution in [0.3, 0.4) is 0 Å². The third-order valence-corrected chi connectivity index (χ3v) is 8.63. The van der Waals surface area contributed by atoms with E-state index < -0.39 is 17.4 Å². The molecule has 1 N–H and O–H groups in total. The van der Waals surface area contributed by atoms with E-state index in [4.69, 9.17) is 21.3 Å². The second-order valence-corrected chi connectivity index (χ2v) is 11.1. The number of benzene rings is 3. The number of carbonyl (C=O) groups excluding carboxylic acids is 2. The summed E-state index contributed by atoms with van der Waals surface area (Å²) in [6, 6.07) is 19.2. The van der Waals surface area contributed by atoms with Gasteiger partial charge in [-0.15, -0.1) is 0 Å². The second-order valence-electron chi connectivity index (χ2n) is 10.7. The molecule has 0 aliphatic carbocycles. The number of hydrogen-bond acceptors (Lipinski definition) is 6. The zero-order valence-electron chi connectivity index (χ0n) is 21.5. The van der Waals surface area contributed by atoms with E-state index >= 15 is 0 Å². The molecule has 1 aromatic heterocycles. The Hall–Kier alpha value is -4.01. The third kappa shape index (κ3) is 2.98. The predicted octanol–water partition coefficient (Wildman–Crippen LogP) is 4.04. The molecule has 0 radical (unpaired) electrons. The van der Waals surface area contributed by atoms with Crippen molar-refractivity contribution in [2.75, 3.05) is 12.0 Å². The summed E-state index contributed by atoms with van der Waals surface area (Å²) in [5, 5.41) is 4.57. The molecule has 4 heterocycles. The Morgan fingerprint density at radius 3 is 2.49 bits per heavy atom. The first kappa shape index (κ1) is 24.1. The summed E-state index contributed by atoms with van der Waals surface area (Å²) in [6.07, 6.45) is 0. The number of nitrogens with one attached hydrogen (secondary N) is 1. The fourth-order valence-electron chi connectivity index (χ4n) is 6.80. The van der Waals surface area contributed by atoms with Crippen LogP contribution in [-0.2, 0) is 15.1 Å². The number of halogens is 1. The van der Waals surface area contributed by atoms with Crippen molar-refractivity contribution in [3.8, 4) is 11.4 Å². The van der Waals surface area contributed by atoms with Crippen LogP contribution >= 0.6 is 11.6 Å². The molecule has 39 heavy (non-hydrogen) atoms. The number of fused-ring (bicyclic) bond motifs is 8. The first-order chi connectivity index (χ1) is 18.8. The molecule has 2 saturated heterocycles. The molecule has 0 saturated carbocycles. The van der Waals surface area contributed by atoms with Crippen molar-refractivity contribution in [3.05, 3.63) is 93.5 Å². The van der Waals surface area contributed by atoms with Crippen molar-refractivity contribution >= 4 is 40.0 Å². The highest BCUT2D eigenvalue weighted by molar-refractivity contribution is 6.31. The monoisotopic (exact) mass is 540 g/mol. The molecule has 3 aromatic carbocycles. The van der Waals surface area contributed by atoms with Crippen molar-refractivity contribution in [2.24, 2.45) is 17.8 Å². The van der Waals surface area contributed by atoms with Crippen LogP contribution in [-0.4, -0.2) is 34.5 Å². The van der Waals surface area contributed by atoms with Gasteiger partial charge in [0.15, 0.2) is 0 Å². The Kier molecular flexibility index (Phi) is 5.09. The van der Waals surface area contributed by atoms with Crippen LogP contribution in [0.1, 0.15) is 25.2 Å². The maximum atomic E-state index is 14.5. The molecular formula is C30H25ClN4O4. The Morgan fingerprint density at radius 2 is 1.72 bits per heavy atom. The molecule has 3 aliphatic rings. The van der Waals surface area contributed by atoms with Crippen LogP contribution in [0, 0.1) is 17.8 Å². The fourth-order valence-corrected chi connectivity index (χ4v) is 6.97. The molecule has 8 nitrogen and oxygen atoms in total. The van der Waals surface area contributed by atoms with Gasteiger partial charge in [-0.25, -0.2) is 9.88 Å². The number of ether oxygens (including phenoxy) is 1. The molecule has 9 heteroatoms. The molecule has 0 bridgehead atoms. The summed E-state index contributed by atoms with van der Waals surface area (Å²) >= 11 is 6.31. The number of carbonyl (C=O) groups is 2. The van der Waals surface area contributed by atoms with Crippen LogP contribution in [0.15, 0.2) is 71.5 Å². The molecule has 4 atom stereocenters. The van der Waals surface area contributed by atoms with Crippen molar-refractivity contribution in [1.29, 1.82) is 0 Å². The third-order valence-electron chi connectivity index (χ3n) is 8.40. The van der Waals surface area contributed by atoms with E-state index in [1.54, 1.807) is 34.9 Å². The molecule has 7 rings (SSSR count). The predicted molar refractivity (Wildman–Crippen MR) is 147 cm³/mol. The van der Waals surface area contributed by atoms with Gasteiger partial charge in [0.05, 0.1) is 41.2 Å². The van der Waals surface area contributed by atoms with Gasteiger partial charge < -0.3 is 4.74 Å². The summed E-state index contributed by atoms with van der Waals surface area (Å²) in [5.74, 6) is -1.45. The van der Waals surface area contributed by atoms with Gasteiger partial charge in [0.2, 0.25) is 11.8 Å². The summed E-state index contributed by atoms with van der Waals surface area (Å²) in [6.45, 7) is 4.05. The van der Waals surface area contributed by atoms with Crippen molar-refractivity contribution < 1.29 is 14.3 Å². The van der Waals surface area contributed by atoms with Crippen molar-refractivity contribution in [1.82, 2.24) is 14.9 Å². The highest BCUT2D eigenvalue weighted by Crippen LogP contribution is 2.57. The van der Waals surface area contributed by atoms with Gasteiger partial charge in [0, 0.05) is 16.6 Å². The van der Waals surface area contributed by atoms with Gasteiger partial charge in [-0.3, -0.25) is 24.3 Å². The van der Waals surface area contributed by atoms with E-state index in [0.717, 1.165) is 5.56 Å². The number of anilines is 1. The summed E-state index contributed by atoms with van der Waals surface area (Å²) in [7, 11) is 1.49. The average molecular weight is 541 g/mol. The minimum Gasteiger partial charge on any atom is -0.495 e. The van der Waals surface area contributed by atoms with Gasteiger partial charge in [0.25, 0.3) is 5.56 Å². The number of methoxy groups -OCH3 is 1. The van der Waals surface area contributed by atoms with E-state index in [9.17, 15) is 14.4 Å². The number of imide groups is 1. The zero-order valence-corrected chi connectivity index (χ0v) is 22.3. The number of amides is 2. The largest absolute Gasteiger partial charge is 0.495 e. The molecule has 2 amide bonds. The summed E-state index contributed by atoms with van der Waals surface area (Å²) in [4.78, 5) is 48.8. The second kappa shape index (κ2) is 8.24. The lowest BCUT2D eigenvalue weighted by molar-refractivity contribution is -0.123. The first-order valence-corrected chi connectivity index (χ1v) is 13.3. The smallest absolute Gasteiger partial charge is 0.266 e. The minimum atomic E-state index is -1.19. The fraction of sp³-hybridized carbons (Fsp3) is 0.267. The van der Waals surface area contributed by atoms with E-state index in [-0.39, 0.29) is 29.3 Å². The van der Waals surface area contributed by atoms with Crippen LogP contribution in [0.4, 0.5) is 5.69 Å². The van der Waals surface area contributed by atoms with Gasteiger partial charge in [-0.1, -0.05) is 55.8 Å². The SMILES string of the molecule is COc1ccc(Cl)cc1N1C(=O)[C@H]2[C@@H](C(C)C)N[C@@]3(c4ccccc4-n4c3nc3ccccc3c4=O)[C@H]2C1=O. The molecule has 4 aromatic rings. The maximum absolute atomic E-state index is 14.5. The highest BCUT2D eigenvalue weighted by atomic mass is 35.5. The van der Waals surface area contributed by atoms with E-state index in [2.05, 4.69) is 5.32 Å². The lowest BCUT2D eigenvalue weighted by Gasteiger charge is -2.32. The molecular weight excluding hydrogens is 516 g/mol. The number of aromatic nitrogens is 2. The normalized spacial score (nSPS) is 25.1. The number of para-hydroxylation sites is 2. The number of nitrogens with zero attached hydrogens (tertiary/aromatic N) is 3. The van der Waals surface area contributed by atoms with Gasteiger partial charge >= 0.3 is 0 Å². The Morgan fingerprint density at radius 1 is 0.974 bits per heavy atom. The molecule has 2 fully saturated rings. The standard InChI is InChI=1S/C30H25ClN4O4/c1-15(2)25-23-24(28(38)34(27(23)37)21-14-16(31)12-13-22(21)39-3)30(33-25)18-9-5-7-11-20(18)35-26(36)17-8-4-6-10-19(17)32-29(30)35/h4-15,23-25,33H,1-3H3/t23-,24-,25-,30+/m1/s1. The Bertz CT molecular complexity index is 1780. The van der Waals surface area contributed by atoms with Gasteiger partial charge in [0.1, 0.15) is 17.1 Å². The summed E-state index contributed by atoms with van der Waals surface area (Å²) in [5.41, 5.74) is 0.859. The Labute approximate surface area is 229 Å². The van der Waals surface area contributed by atoms with Crippen LogP contribution in [0.2, 0.25) is 5.02 Å².